The number of benzene rings is 2. The first kappa shape index (κ1) is 14.9. The highest BCUT2D eigenvalue weighted by molar-refractivity contribution is 5.58. The summed E-state index contributed by atoms with van der Waals surface area (Å²) in [5.74, 6) is 2.92. The maximum absolute atomic E-state index is 6.08. The van der Waals surface area contributed by atoms with Gasteiger partial charge in [0, 0.05) is 24.9 Å². The van der Waals surface area contributed by atoms with Gasteiger partial charge in [-0.3, -0.25) is 0 Å². The molecule has 0 saturated heterocycles. The van der Waals surface area contributed by atoms with Crippen molar-refractivity contribution in [1.82, 2.24) is 0 Å². The van der Waals surface area contributed by atoms with Crippen LogP contribution in [0.3, 0.4) is 0 Å². The van der Waals surface area contributed by atoms with Gasteiger partial charge in [-0.25, -0.2) is 0 Å². The molecule has 1 aliphatic carbocycles. The Labute approximate surface area is 142 Å². The fourth-order valence-corrected chi connectivity index (χ4v) is 3.12. The Bertz CT molecular complexity index is 792. The highest BCUT2D eigenvalue weighted by atomic mass is 16.5. The molecule has 2 aromatic carbocycles. The Morgan fingerprint density at radius 3 is 2.92 bits per heavy atom. The minimum atomic E-state index is 0.725. The van der Waals surface area contributed by atoms with Gasteiger partial charge < -0.3 is 14.8 Å². The van der Waals surface area contributed by atoms with Crippen LogP contribution in [-0.4, -0.2) is 6.61 Å². The highest BCUT2D eigenvalue weighted by Gasteiger charge is 2.16. The van der Waals surface area contributed by atoms with Crippen molar-refractivity contribution in [2.75, 3.05) is 11.9 Å². The summed E-state index contributed by atoms with van der Waals surface area (Å²) in [6, 6.07) is 14.5. The lowest BCUT2D eigenvalue weighted by atomic mass is 10.1. The maximum atomic E-state index is 6.08. The fraction of sp³-hybridized carbons (Fsp3) is 0.238. The molecule has 2 aliphatic rings. The maximum Gasteiger partial charge on any atom is 0.150 e. The molecule has 0 radical (unpaired) electrons. The summed E-state index contributed by atoms with van der Waals surface area (Å²) in [6.45, 7) is 1.51. The third-order valence-corrected chi connectivity index (χ3v) is 4.37. The first-order valence-electron chi connectivity index (χ1n) is 8.50. The molecule has 122 valence electrons. The normalized spacial score (nSPS) is 15.4. The molecule has 0 fully saturated rings. The van der Waals surface area contributed by atoms with Gasteiger partial charge in [0.05, 0.1) is 12.3 Å². The summed E-state index contributed by atoms with van der Waals surface area (Å²) in [7, 11) is 0. The number of fused-ring (bicyclic) bond motifs is 1. The summed E-state index contributed by atoms with van der Waals surface area (Å²) < 4.78 is 11.9. The largest absolute Gasteiger partial charge is 0.493 e. The standard InChI is InChI=1S/C21H21NO2/c1-2-9-18(10-3-1)24-20-12-5-4-11-19(20)22-15-17-8-6-7-16-13-14-23-21(16)17/h1-2,4-9,11-12,22H,3,10,13-15H2. The van der Waals surface area contributed by atoms with E-state index in [0.717, 1.165) is 55.4 Å². The summed E-state index contributed by atoms with van der Waals surface area (Å²) in [5, 5.41) is 3.50. The van der Waals surface area contributed by atoms with Gasteiger partial charge in [-0.2, -0.15) is 0 Å². The number of ether oxygens (including phenoxy) is 2. The van der Waals surface area contributed by atoms with E-state index in [1.165, 1.54) is 11.1 Å². The van der Waals surface area contributed by atoms with Crippen LogP contribution in [0.15, 0.2) is 66.5 Å². The van der Waals surface area contributed by atoms with E-state index in [0.29, 0.717) is 0 Å². The fourth-order valence-electron chi connectivity index (χ4n) is 3.12. The molecule has 1 aliphatic heterocycles. The number of anilines is 1. The van der Waals surface area contributed by atoms with E-state index in [4.69, 9.17) is 9.47 Å². The van der Waals surface area contributed by atoms with E-state index in [1.54, 1.807) is 0 Å². The smallest absolute Gasteiger partial charge is 0.150 e. The van der Waals surface area contributed by atoms with Crippen molar-refractivity contribution < 1.29 is 9.47 Å². The third-order valence-electron chi connectivity index (χ3n) is 4.37. The Balaban J connectivity index is 1.50. The molecule has 2 aromatic rings. The van der Waals surface area contributed by atoms with Gasteiger partial charge in [0.25, 0.3) is 0 Å². The van der Waals surface area contributed by atoms with E-state index >= 15 is 0 Å². The summed E-state index contributed by atoms with van der Waals surface area (Å²) in [6.07, 6.45) is 9.25. The first-order chi connectivity index (χ1) is 11.9. The van der Waals surface area contributed by atoms with Crippen molar-refractivity contribution >= 4 is 5.69 Å². The van der Waals surface area contributed by atoms with Gasteiger partial charge >= 0.3 is 0 Å². The zero-order valence-corrected chi connectivity index (χ0v) is 13.6. The van der Waals surface area contributed by atoms with Crippen LogP contribution >= 0.6 is 0 Å². The van der Waals surface area contributed by atoms with E-state index in [-0.39, 0.29) is 0 Å². The molecular weight excluding hydrogens is 298 g/mol. The number of hydrogen-bond acceptors (Lipinski definition) is 3. The minimum absolute atomic E-state index is 0.725. The van der Waals surface area contributed by atoms with Crippen LogP contribution in [0.5, 0.6) is 11.5 Å². The lowest BCUT2D eigenvalue weighted by Gasteiger charge is -2.16. The molecule has 0 spiro atoms. The third kappa shape index (κ3) is 3.16. The van der Waals surface area contributed by atoms with E-state index in [2.05, 4.69) is 41.7 Å². The van der Waals surface area contributed by atoms with E-state index < -0.39 is 0 Å². The molecule has 3 heteroatoms. The van der Waals surface area contributed by atoms with Crippen molar-refractivity contribution in [3.8, 4) is 11.5 Å². The molecule has 4 rings (SSSR count). The molecule has 0 aromatic heterocycles. The van der Waals surface area contributed by atoms with Crippen LogP contribution < -0.4 is 14.8 Å². The lowest BCUT2D eigenvalue weighted by molar-refractivity contribution is 0.354. The summed E-state index contributed by atoms with van der Waals surface area (Å²) in [5.41, 5.74) is 3.50. The molecule has 3 nitrogen and oxygen atoms in total. The van der Waals surface area contributed by atoms with Crippen molar-refractivity contribution in [2.45, 2.75) is 25.8 Å². The van der Waals surface area contributed by atoms with Crippen molar-refractivity contribution in [1.29, 1.82) is 0 Å². The van der Waals surface area contributed by atoms with Crippen molar-refractivity contribution in [3.63, 3.8) is 0 Å². The van der Waals surface area contributed by atoms with Crippen LogP contribution in [0, 0.1) is 0 Å². The molecule has 0 amide bonds. The molecule has 1 N–H and O–H groups in total. The van der Waals surface area contributed by atoms with Gasteiger partial charge in [0.1, 0.15) is 17.3 Å². The SMILES string of the molecule is C1=CCCC(Oc2ccccc2NCc2cccc3c2OCC3)=C1. The molecular formula is C21H21NO2. The monoisotopic (exact) mass is 319 g/mol. The number of allylic oxidation sites excluding steroid dienone is 4. The van der Waals surface area contributed by atoms with Gasteiger partial charge in [0.15, 0.2) is 0 Å². The minimum Gasteiger partial charge on any atom is -0.493 e. The van der Waals surface area contributed by atoms with Gasteiger partial charge in [-0.05, 0) is 30.2 Å². The second kappa shape index (κ2) is 6.83. The van der Waals surface area contributed by atoms with Crippen LogP contribution in [0.4, 0.5) is 5.69 Å². The molecule has 0 bridgehead atoms. The topological polar surface area (TPSA) is 30.5 Å². The number of para-hydroxylation sites is 3. The highest BCUT2D eigenvalue weighted by Crippen LogP contribution is 2.32. The predicted molar refractivity (Wildman–Crippen MR) is 96.5 cm³/mol. The van der Waals surface area contributed by atoms with Crippen LogP contribution in [0.25, 0.3) is 0 Å². The molecule has 0 unspecified atom stereocenters. The first-order valence-corrected chi connectivity index (χ1v) is 8.50. The number of nitrogens with one attached hydrogen (secondary N) is 1. The van der Waals surface area contributed by atoms with E-state index in [1.807, 2.05) is 24.3 Å². The Kier molecular flexibility index (Phi) is 4.24. The number of hydrogen-bond donors (Lipinski definition) is 1. The molecule has 0 saturated carbocycles. The summed E-state index contributed by atoms with van der Waals surface area (Å²) in [4.78, 5) is 0. The Hall–Kier alpha value is -2.68. The molecule has 0 atom stereocenters. The number of rotatable bonds is 5. The Morgan fingerprint density at radius 2 is 2.00 bits per heavy atom. The van der Waals surface area contributed by atoms with Crippen LogP contribution in [0.1, 0.15) is 24.0 Å². The van der Waals surface area contributed by atoms with Crippen molar-refractivity contribution in [3.05, 3.63) is 77.6 Å². The molecule has 24 heavy (non-hydrogen) atoms. The quantitative estimate of drug-likeness (QED) is 0.855. The molecule has 1 heterocycles. The zero-order valence-electron chi connectivity index (χ0n) is 13.6. The van der Waals surface area contributed by atoms with Gasteiger partial charge in [-0.1, -0.05) is 42.5 Å². The van der Waals surface area contributed by atoms with E-state index in [9.17, 15) is 0 Å². The predicted octanol–water partition coefficient (Wildman–Crippen LogP) is 4.85. The lowest BCUT2D eigenvalue weighted by Crippen LogP contribution is -2.04. The zero-order chi connectivity index (χ0) is 16.2. The van der Waals surface area contributed by atoms with Crippen LogP contribution in [0.2, 0.25) is 0 Å². The van der Waals surface area contributed by atoms with Gasteiger partial charge in [-0.15, -0.1) is 0 Å². The average molecular weight is 319 g/mol. The second-order valence-corrected chi connectivity index (χ2v) is 6.06. The Morgan fingerprint density at radius 1 is 1.04 bits per heavy atom. The van der Waals surface area contributed by atoms with Crippen LogP contribution in [-0.2, 0) is 13.0 Å². The van der Waals surface area contributed by atoms with Crippen molar-refractivity contribution in [2.24, 2.45) is 0 Å². The average Bonchev–Trinajstić information content (AvgIpc) is 3.11. The van der Waals surface area contributed by atoms with Gasteiger partial charge in [0.2, 0.25) is 0 Å². The summed E-state index contributed by atoms with van der Waals surface area (Å²) >= 11 is 0. The second-order valence-electron chi connectivity index (χ2n) is 6.06.